The summed E-state index contributed by atoms with van der Waals surface area (Å²) < 4.78 is 24.0. The van der Waals surface area contributed by atoms with E-state index in [-0.39, 0.29) is 17.7 Å². The van der Waals surface area contributed by atoms with Gasteiger partial charge < -0.3 is 10.2 Å². The van der Waals surface area contributed by atoms with Crippen LogP contribution in [0.15, 0.2) is 64.9 Å². The number of anilines is 1. The normalized spacial score (nSPS) is 15.0. The molecule has 2 aromatic carbocycles. The van der Waals surface area contributed by atoms with E-state index in [1.807, 2.05) is 35.7 Å². The molecular weight excluding hydrogens is 442 g/mol. The number of piperidine rings is 1. The van der Waals surface area contributed by atoms with Crippen molar-refractivity contribution in [1.29, 1.82) is 0 Å². The van der Waals surface area contributed by atoms with Crippen LogP contribution >= 0.6 is 11.3 Å². The molecule has 1 aliphatic heterocycles. The maximum Gasteiger partial charge on any atom is 0.270 e. The highest BCUT2D eigenvalue weighted by Gasteiger charge is 2.23. The number of carbonyl (C=O) groups is 1. The zero-order valence-electron chi connectivity index (χ0n) is 18.0. The molecule has 3 aromatic rings. The Balaban J connectivity index is 1.29. The molecule has 6 nitrogen and oxygen atoms in total. The summed E-state index contributed by atoms with van der Waals surface area (Å²) in [5.74, 6) is -0.0161. The Kier molecular flexibility index (Phi) is 6.91. The van der Waals surface area contributed by atoms with Gasteiger partial charge in [-0.2, -0.15) is 0 Å². The Morgan fingerprint density at radius 2 is 1.78 bits per heavy atom. The van der Waals surface area contributed by atoms with E-state index < -0.39 is 9.84 Å². The number of rotatable bonds is 7. The van der Waals surface area contributed by atoms with Crippen molar-refractivity contribution in [1.82, 2.24) is 10.3 Å². The van der Waals surface area contributed by atoms with E-state index >= 15 is 0 Å². The fourth-order valence-corrected chi connectivity index (χ4v) is 5.53. The van der Waals surface area contributed by atoms with Crippen LogP contribution in [0.25, 0.3) is 0 Å². The van der Waals surface area contributed by atoms with Crippen molar-refractivity contribution in [3.8, 4) is 0 Å². The summed E-state index contributed by atoms with van der Waals surface area (Å²) in [6.45, 7) is 3.26. The van der Waals surface area contributed by atoms with Crippen LogP contribution < -0.4 is 10.2 Å². The molecule has 1 amide bonds. The van der Waals surface area contributed by atoms with Crippen molar-refractivity contribution in [2.75, 3.05) is 23.7 Å². The first kappa shape index (κ1) is 22.5. The van der Waals surface area contributed by atoms with Gasteiger partial charge in [-0.15, -0.1) is 11.3 Å². The summed E-state index contributed by atoms with van der Waals surface area (Å²) in [6.07, 6.45) is 2.40. The first-order valence-corrected chi connectivity index (χ1v) is 13.3. The largest absolute Gasteiger partial charge is 0.371 e. The minimum absolute atomic E-state index is 0.101. The highest BCUT2D eigenvalue weighted by Crippen LogP contribution is 2.23. The first-order valence-electron chi connectivity index (χ1n) is 10.8. The van der Waals surface area contributed by atoms with Crippen LogP contribution in [0.5, 0.6) is 0 Å². The predicted molar refractivity (Wildman–Crippen MR) is 128 cm³/mol. The second-order valence-corrected chi connectivity index (χ2v) is 11.1. The molecule has 8 heteroatoms. The van der Waals surface area contributed by atoms with Gasteiger partial charge in [0, 0.05) is 36.6 Å². The number of thiazole rings is 1. The third kappa shape index (κ3) is 5.37. The van der Waals surface area contributed by atoms with E-state index in [0.717, 1.165) is 43.0 Å². The van der Waals surface area contributed by atoms with Crippen LogP contribution in [0.4, 0.5) is 5.69 Å². The van der Waals surface area contributed by atoms with Crippen LogP contribution in [0, 0.1) is 0 Å². The van der Waals surface area contributed by atoms with E-state index in [1.165, 1.54) is 16.9 Å². The third-order valence-corrected chi connectivity index (χ3v) is 8.35. The second-order valence-electron chi connectivity index (χ2n) is 7.92. The van der Waals surface area contributed by atoms with Crippen LogP contribution in [0.2, 0.25) is 0 Å². The summed E-state index contributed by atoms with van der Waals surface area (Å²) in [5, 5.41) is 5.88. The van der Waals surface area contributed by atoms with Crippen LogP contribution in [0.1, 0.15) is 40.8 Å². The van der Waals surface area contributed by atoms with Gasteiger partial charge in [-0.1, -0.05) is 37.3 Å². The Hall–Kier alpha value is -2.71. The molecule has 1 aliphatic rings. The van der Waals surface area contributed by atoms with Crippen LogP contribution in [-0.4, -0.2) is 44.2 Å². The third-order valence-electron chi connectivity index (χ3n) is 5.75. The SMILES string of the molecule is CCS(=O)(=O)c1ccc(N2CCC(NC(=O)c3csc(Cc4ccccc4)n3)CC2)cc1. The summed E-state index contributed by atoms with van der Waals surface area (Å²) >= 11 is 1.51. The van der Waals surface area contributed by atoms with E-state index in [9.17, 15) is 13.2 Å². The summed E-state index contributed by atoms with van der Waals surface area (Å²) in [6, 6.07) is 17.3. The molecule has 0 bridgehead atoms. The monoisotopic (exact) mass is 469 g/mol. The summed E-state index contributed by atoms with van der Waals surface area (Å²) in [4.78, 5) is 19.8. The van der Waals surface area contributed by atoms with Crippen LogP contribution in [-0.2, 0) is 16.3 Å². The molecule has 0 unspecified atom stereocenters. The Bertz CT molecular complexity index is 1150. The van der Waals surface area contributed by atoms with Gasteiger partial charge in [0.15, 0.2) is 9.84 Å². The van der Waals surface area contributed by atoms with E-state index in [4.69, 9.17) is 0 Å². The van der Waals surface area contributed by atoms with Gasteiger partial charge in [-0.05, 0) is 42.7 Å². The average molecular weight is 470 g/mol. The lowest BCUT2D eigenvalue weighted by Gasteiger charge is -2.34. The molecular formula is C24H27N3O3S2. The maximum absolute atomic E-state index is 12.7. The minimum Gasteiger partial charge on any atom is -0.371 e. The molecule has 0 radical (unpaired) electrons. The number of aromatic nitrogens is 1. The first-order chi connectivity index (χ1) is 15.4. The number of hydrogen-bond donors (Lipinski definition) is 1. The fourth-order valence-electron chi connectivity index (χ4n) is 3.84. The van der Waals surface area contributed by atoms with Crippen LogP contribution in [0.3, 0.4) is 0 Å². The average Bonchev–Trinajstić information content (AvgIpc) is 3.29. The number of nitrogens with one attached hydrogen (secondary N) is 1. The van der Waals surface area contributed by atoms with Gasteiger partial charge in [-0.25, -0.2) is 13.4 Å². The lowest BCUT2D eigenvalue weighted by atomic mass is 10.0. The maximum atomic E-state index is 12.7. The van der Waals surface area contributed by atoms with Gasteiger partial charge in [-0.3, -0.25) is 4.79 Å². The highest BCUT2D eigenvalue weighted by atomic mass is 32.2. The quantitative estimate of drug-likeness (QED) is 0.567. The molecule has 2 heterocycles. The van der Waals surface area contributed by atoms with Gasteiger partial charge in [0.2, 0.25) is 0 Å². The molecule has 32 heavy (non-hydrogen) atoms. The topological polar surface area (TPSA) is 79.4 Å². The molecule has 168 valence electrons. The van der Waals surface area contributed by atoms with E-state index in [0.29, 0.717) is 10.6 Å². The van der Waals surface area contributed by atoms with Crippen molar-refractivity contribution in [3.63, 3.8) is 0 Å². The van der Waals surface area contributed by atoms with Crippen molar-refractivity contribution >= 4 is 32.8 Å². The molecule has 1 aromatic heterocycles. The van der Waals surface area contributed by atoms with E-state index in [1.54, 1.807) is 19.1 Å². The molecule has 0 aliphatic carbocycles. The minimum atomic E-state index is -3.18. The zero-order chi connectivity index (χ0) is 22.6. The number of hydrogen-bond acceptors (Lipinski definition) is 6. The highest BCUT2D eigenvalue weighted by molar-refractivity contribution is 7.91. The smallest absolute Gasteiger partial charge is 0.270 e. The number of sulfone groups is 1. The Morgan fingerprint density at radius 1 is 1.09 bits per heavy atom. The second kappa shape index (κ2) is 9.83. The lowest BCUT2D eigenvalue weighted by molar-refractivity contribution is 0.0926. The molecule has 1 N–H and O–H groups in total. The number of amides is 1. The zero-order valence-corrected chi connectivity index (χ0v) is 19.7. The van der Waals surface area contributed by atoms with Crippen molar-refractivity contribution in [2.24, 2.45) is 0 Å². The number of nitrogens with zero attached hydrogens (tertiary/aromatic N) is 2. The molecule has 4 rings (SSSR count). The van der Waals surface area contributed by atoms with Crippen molar-refractivity contribution in [3.05, 3.63) is 76.2 Å². The van der Waals surface area contributed by atoms with Crippen molar-refractivity contribution < 1.29 is 13.2 Å². The summed E-state index contributed by atoms with van der Waals surface area (Å²) in [5.41, 5.74) is 2.67. The van der Waals surface area contributed by atoms with Gasteiger partial charge in [0.1, 0.15) is 5.69 Å². The standard InChI is InChI=1S/C24H27N3O3S2/c1-2-32(29,30)21-10-8-20(9-11-21)27-14-12-19(13-15-27)25-24(28)22-17-31-23(26-22)16-18-6-4-3-5-7-18/h3-11,17,19H,2,12-16H2,1H3,(H,25,28). The van der Waals surface area contributed by atoms with Gasteiger partial charge in [0.25, 0.3) is 5.91 Å². The fraction of sp³-hybridized carbons (Fsp3) is 0.333. The lowest BCUT2D eigenvalue weighted by Crippen LogP contribution is -2.44. The molecule has 0 atom stereocenters. The predicted octanol–water partition coefficient (Wildman–Crippen LogP) is 3.93. The molecule has 1 fully saturated rings. The number of benzene rings is 2. The molecule has 0 saturated carbocycles. The van der Waals surface area contributed by atoms with E-state index in [2.05, 4.69) is 27.3 Å². The molecule has 1 saturated heterocycles. The van der Waals surface area contributed by atoms with Gasteiger partial charge in [0.05, 0.1) is 15.7 Å². The Labute approximate surface area is 193 Å². The van der Waals surface area contributed by atoms with Crippen molar-refractivity contribution in [2.45, 2.75) is 37.1 Å². The molecule has 0 spiro atoms. The van der Waals surface area contributed by atoms with Gasteiger partial charge >= 0.3 is 0 Å². The number of carbonyl (C=O) groups excluding carboxylic acids is 1. The Morgan fingerprint density at radius 3 is 2.44 bits per heavy atom. The summed E-state index contributed by atoms with van der Waals surface area (Å²) in [7, 11) is -3.18.